The molecule has 2 N–H and O–H groups in total. The van der Waals surface area contributed by atoms with Crippen LogP contribution in [0.25, 0.3) is 0 Å². The molecule has 0 spiro atoms. The normalized spacial score (nSPS) is 12.2. The van der Waals surface area contributed by atoms with E-state index in [4.69, 9.17) is 16.7 Å². The number of hydrogen-bond acceptors (Lipinski definition) is 4. The molecule has 0 aromatic heterocycles. The highest BCUT2D eigenvalue weighted by Crippen LogP contribution is 2.30. The molecule has 1 aromatic rings. The Bertz CT molecular complexity index is 459. The van der Waals surface area contributed by atoms with Crippen LogP contribution in [0.2, 0.25) is 5.02 Å². The minimum absolute atomic E-state index is 0.168. The summed E-state index contributed by atoms with van der Waals surface area (Å²) < 4.78 is 0. The number of aliphatic hydroxyl groups is 1. The van der Waals surface area contributed by atoms with Crippen LogP contribution in [0.3, 0.4) is 0 Å². The van der Waals surface area contributed by atoms with Gasteiger partial charge in [0.1, 0.15) is 0 Å². The second-order valence-corrected chi connectivity index (χ2v) is 3.57. The first kappa shape index (κ1) is 12.4. The molecule has 1 unspecified atom stereocenters. The van der Waals surface area contributed by atoms with Crippen molar-refractivity contribution in [3.63, 3.8) is 0 Å². The van der Waals surface area contributed by atoms with Gasteiger partial charge in [-0.1, -0.05) is 11.6 Å². The van der Waals surface area contributed by atoms with E-state index in [1.54, 1.807) is 6.92 Å². The zero-order valence-corrected chi connectivity index (χ0v) is 8.93. The van der Waals surface area contributed by atoms with Crippen LogP contribution in [0.5, 0.6) is 0 Å². The average Bonchev–Trinajstić information content (AvgIpc) is 2.19. The number of hydrogen-bond donors (Lipinski definition) is 2. The predicted molar refractivity (Wildman–Crippen MR) is 55.4 cm³/mol. The fourth-order valence-electron chi connectivity index (χ4n) is 1.19. The van der Waals surface area contributed by atoms with E-state index in [1.807, 2.05) is 0 Å². The van der Waals surface area contributed by atoms with E-state index < -0.39 is 22.7 Å². The summed E-state index contributed by atoms with van der Waals surface area (Å²) >= 11 is 5.71. The molecule has 86 valence electrons. The lowest BCUT2D eigenvalue weighted by atomic mass is 10.0. The van der Waals surface area contributed by atoms with Crippen LogP contribution in [0, 0.1) is 17.0 Å². The van der Waals surface area contributed by atoms with Crippen molar-refractivity contribution in [2.75, 3.05) is 0 Å². The summed E-state index contributed by atoms with van der Waals surface area (Å²) in [6, 6.07) is 2.22. The highest BCUT2D eigenvalue weighted by atomic mass is 35.5. The van der Waals surface area contributed by atoms with Crippen LogP contribution in [-0.2, 0) is 4.79 Å². The minimum atomic E-state index is -1.96. The number of aliphatic hydroxyl groups excluding tert-OH is 1. The number of nitro groups is 1. The quantitative estimate of drug-likeness (QED) is 0.623. The summed E-state index contributed by atoms with van der Waals surface area (Å²) in [5.74, 6) is -1.57. The molecular formula is C9H8ClNO5. The third-order valence-corrected chi connectivity index (χ3v) is 2.44. The van der Waals surface area contributed by atoms with E-state index in [9.17, 15) is 20.0 Å². The second-order valence-electron chi connectivity index (χ2n) is 3.16. The zero-order valence-electron chi connectivity index (χ0n) is 8.18. The maximum absolute atomic E-state index is 10.7. The topological polar surface area (TPSA) is 101 Å². The van der Waals surface area contributed by atoms with E-state index in [1.165, 1.54) is 0 Å². The Hall–Kier alpha value is -1.66. The van der Waals surface area contributed by atoms with Gasteiger partial charge in [-0.2, -0.15) is 0 Å². The van der Waals surface area contributed by atoms with Gasteiger partial charge in [-0.3, -0.25) is 10.1 Å². The summed E-state index contributed by atoms with van der Waals surface area (Å²) in [7, 11) is 0. The fraction of sp³-hybridized carbons (Fsp3) is 0.222. The lowest BCUT2D eigenvalue weighted by Crippen LogP contribution is -2.12. The molecule has 6 nitrogen and oxygen atoms in total. The number of benzene rings is 1. The fourth-order valence-corrected chi connectivity index (χ4v) is 1.36. The molecule has 1 atom stereocenters. The maximum Gasteiger partial charge on any atom is 0.337 e. The first-order chi connectivity index (χ1) is 7.34. The zero-order chi connectivity index (χ0) is 12.5. The van der Waals surface area contributed by atoms with Crippen molar-refractivity contribution in [3.8, 4) is 0 Å². The number of carboxylic acid groups (broad SMARTS) is 1. The molecule has 0 heterocycles. The number of carbonyl (C=O) groups is 1. The van der Waals surface area contributed by atoms with Crippen LogP contribution < -0.4 is 0 Å². The maximum atomic E-state index is 10.7. The molecule has 16 heavy (non-hydrogen) atoms. The Kier molecular flexibility index (Phi) is 3.46. The Morgan fingerprint density at radius 3 is 2.56 bits per heavy atom. The Balaban J connectivity index is 3.41. The van der Waals surface area contributed by atoms with Crippen LogP contribution in [0.4, 0.5) is 5.69 Å². The van der Waals surface area contributed by atoms with Crippen LogP contribution >= 0.6 is 11.6 Å². The molecule has 1 rings (SSSR count). The molecular weight excluding hydrogens is 238 g/mol. The molecule has 0 aliphatic heterocycles. The molecule has 0 bridgehead atoms. The van der Waals surface area contributed by atoms with E-state index in [0.29, 0.717) is 5.56 Å². The Labute approximate surface area is 95.2 Å². The molecule has 1 aromatic carbocycles. The first-order valence-electron chi connectivity index (χ1n) is 4.20. The lowest BCUT2D eigenvalue weighted by Gasteiger charge is -2.08. The lowest BCUT2D eigenvalue weighted by molar-refractivity contribution is -0.386. The van der Waals surface area contributed by atoms with Gasteiger partial charge in [-0.25, -0.2) is 4.79 Å². The van der Waals surface area contributed by atoms with E-state index in [2.05, 4.69) is 0 Å². The molecule has 0 aliphatic rings. The SMILES string of the molecule is Cc1cc([N+](=O)[O-])c(C(O)C(=O)O)cc1Cl. The van der Waals surface area contributed by atoms with Crippen molar-refractivity contribution in [1.29, 1.82) is 0 Å². The number of carboxylic acids is 1. The van der Waals surface area contributed by atoms with Gasteiger partial charge in [0.2, 0.25) is 0 Å². The number of halogens is 1. The molecule has 0 saturated carbocycles. The first-order valence-corrected chi connectivity index (χ1v) is 4.57. The van der Waals surface area contributed by atoms with Gasteiger partial charge in [0.15, 0.2) is 6.10 Å². The molecule has 0 amide bonds. The van der Waals surface area contributed by atoms with Gasteiger partial charge in [0, 0.05) is 11.1 Å². The van der Waals surface area contributed by atoms with Crippen molar-refractivity contribution < 1.29 is 19.9 Å². The van der Waals surface area contributed by atoms with Crippen molar-refractivity contribution in [1.82, 2.24) is 0 Å². The Morgan fingerprint density at radius 2 is 2.12 bits per heavy atom. The van der Waals surface area contributed by atoms with Crippen molar-refractivity contribution in [2.24, 2.45) is 0 Å². The van der Waals surface area contributed by atoms with Crippen LogP contribution in [0.15, 0.2) is 12.1 Å². The summed E-state index contributed by atoms with van der Waals surface area (Å²) in [6.07, 6.45) is -1.96. The van der Waals surface area contributed by atoms with Crippen molar-refractivity contribution in [2.45, 2.75) is 13.0 Å². The monoisotopic (exact) mass is 245 g/mol. The molecule has 7 heteroatoms. The van der Waals surface area contributed by atoms with Gasteiger partial charge in [-0.15, -0.1) is 0 Å². The van der Waals surface area contributed by atoms with Gasteiger partial charge in [0.25, 0.3) is 5.69 Å². The minimum Gasteiger partial charge on any atom is -0.479 e. The Morgan fingerprint density at radius 1 is 1.56 bits per heavy atom. The third kappa shape index (κ3) is 2.29. The average molecular weight is 246 g/mol. The number of rotatable bonds is 3. The summed E-state index contributed by atoms with van der Waals surface area (Å²) in [6.45, 7) is 1.55. The molecule has 0 saturated heterocycles. The van der Waals surface area contributed by atoms with Crippen molar-refractivity contribution in [3.05, 3.63) is 38.4 Å². The van der Waals surface area contributed by atoms with Crippen LogP contribution in [0.1, 0.15) is 17.2 Å². The summed E-state index contributed by atoms with van der Waals surface area (Å²) in [5.41, 5.74) is -0.348. The molecule has 0 fully saturated rings. The predicted octanol–water partition coefficient (Wildman–Crippen LogP) is 1.67. The largest absolute Gasteiger partial charge is 0.479 e. The van der Waals surface area contributed by atoms with Gasteiger partial charge < -0.3 is 10.2 Å². The molecule has 0 aliphatic carbocycles. The van der Waals surface area contributed by atoms with Crippen LogP contribution in [-0.4, -0.2) is 21.1 Å². The van der Waals surface area contributed by atoms with Gasteiger partial charge in [-0.05, 0) is 18.6 Å². The standard InChI is InChI=1S/C9H8ClNO5/c1-4-2-7(11(15)16)5(3-6(4)10)8(12)9(13)14/h2-3,8,12H,1H3,(H,13,14). The van der Waals surface area contributed by atoms with E-state index in [-0.39, 0.29) is 10.6 Å². The number of nitrogens with zero attached hydrogens (tertiary/aromatic N) is 1. The smallest absolute Gasteiger partial charge is 0.337 e. The highest BCUT2D eigenvalue weighted by molar-refractivity contribution is 6.31. The number of aliphatic carboxylic acids is 1. The van der Waals surface area contributed by atoms with E-state index >= 15 is 0 Å². The summed E-state index contributed by atoms with van der Waals surface area (Å²) in [4.78, 5) is 20.5. The summed E-state index contributed by atoms with van der Waals surface area (Å²) in [5, 5.41) is 28.7. The van der Waals surface area contributed by atoms with Gasteiger partial charge in [0.05, 0.1) is 10.5 Å². The number of aryl methyl sites for hydroxylation is 1. The second kappa shape index (κ2) is 4.46. The highest BCUT2D eigenvalue weighted by Gasteiger charge is 2.26. The third-order valence-electron chi connectivity index (χ3n) is 2.03. The van der Waals surface area contributed by atoms with Gasteiger partial charge >= 0.3 is 5.97 Å². The molecule has 0 radical (unpaired) electrons. The van der Waals surface area contributed by atoms with E-state index in [0.717, 1.165) is 12.1 Å². The van der Waals surface area contributed by atoms with Crippen molar-refractivity contribution >= 4 is 23.3 Å². The number of nitro benzene ring substituents is 1.